The molecule has 18 heavy (non-hydrogen) atoms. The number of amidine groups is 1. The number of hydrogen-bond donors (Lipinski definition) is 1. The van der Waals surface area contributed by atoms with Crippen LogP contribution in [0.2, 0.25) is 0 Å². The van der Waals surface area contributed by atoms with Crippen molar-refractivity contribution in [3.63, 3.8) is 0 Å². The average molecular weight is 242 g/mol. The Labute approximate surface area is 105 Å². The molecule has 0 bridgehead atoms. The molecule has 0 spiro atoms. The number of fused-ring (bicyclic) bond motifs is 1. The van der Waals surface area contributed by atoms with Gasteiger partial charge in [-0.15, -0.1) is 0 Å². The molecule has 1 aromatic carbocycles. The van der Waals surface area contributed by atoms with E-state index in [0.717, 1.165) is 19.5 Å². The molecule has 4 heteroatoms. The number of nitrogens with zero attached hydrogens (tertiary/aromatic N) is 2. The molecular weight excluding hydrogens is 228 g/mol. The van der Waals surface area contributed by atoms with Crippen molar-refractivity contribution in [2.45, 2.75) is 6.42 Å². The van der Waals surface area contributed by atoms with Crippen LogP contribution in [0, 0.1) is 0 Å². The van der Waals surface area contributed by atoms with Crippen LogP contribution in [-0.2, 0) is 4.79 Å². The summed E-state index contributed by atoms with van der Waals surface area (Å²) in [6.07, 6.45) is 0.968. The minimum absolute atomic E-state index is 0.0444. The van der Waals surface area contributed by atoms with E-state index >= 15 is 0 Å². The van der Waals surface area contributed by atoms with Crippen molar-refractivity contribution in [2.75, 3.05) is 19.6 Å². The van der Waals surface area contributed by atoms with E-state index < -0.39 is 0 Å². The van der Waals surface area contributed by atoms with Gasteiger partial charge in [-0.3, -0.25) is 9.79 Å². The Morgan fingerprint density at radius 1 is 1.28 bits per heavy atom. The van der Waals surface area contributed by atoms with Gasteiger partial charge in [-0.25, -0.2) is 0 Å². The molecule has 3 rings (SSSR count). The minimum atomic E-state index is -0.0444. The van der Waals surface area contributed by atoms with Gasteiger partial charge in [-0.05, 0) is 6.42 Å². The van der Waals surface area contributed by atoms with Crippen molar-refractivity contribution in [2.24, 2.45) is 4.99 Å². The van der Waals surface area contributed by atoms with Gasteiger partial charge in [0.1, 0.15) is 17.2 Å². The summed E-state index contributed by atoms with van der Waals surface area (Å²) in [4.78, 5) is 18.3. The van der Waals surface area contributed by atoms with Crippen LogP contribution < -0.4 is 0 Å². The molecule has 0 amide bonds. The van der Waals surface area contributed by atoms with Crippen molar-refractivity contribution >= 4 is 17.4 Å². The zero-order valence-corrected chi connectivity index (χ0v) is 9.97. The number of aliphatic hydroxyl groups excluding tert-OH is 1. The first-order valence-electron chi connectivity index (χ1n) is 6.09. The standard InChI is InChI=1S/C14H14N2O2/c17-11-9-16-8-4-7-15-14(16)12(11)13(18)10-5-2-1-3-6-10/h1-3,5-6,18H,4,7-9H2/b13-12+. The van der Waals surface area contributed by atoms with Crippen LogP contribution in [0.4, 0.5) is 0 Å². The van der Waals surface area contributed by atoms with Crippen LogP contribution in [0.5, 0.6) is 0 Å². The number of carbonyl (C=O) groups excluding carboxylic acids is 1. The summed E-state index contributed by atoms with van der Waals surface area (Å²) in [6.45, 7) is 1.91. The molecule has 0 saturated carbocycles. The summed E-state index contributed by atoms with van der Waals surface area (Å²) >= 11 is 0. The lowest BCUT2D eigenvalue weighted by Crippen LogP contribution is -2.31. The maximum Gasteiger partial charge on any atom is 0.189 e. The first kappa shape index (κ1) is 11.0. The van der Waals surface area contributed by atoms with E-state index in [2.05, 4.69) is 4.99 Å². The summed E-state index contributed by atoms with van der Waals surface area (Å²) < 4.78 is 0. The molecule has 0 atom stereocenters. The first-order valence-corrected chi connectivity index (χ1v) is 6.09. The van der Waals surface area contributed by atoms with Crippen LogP contribution in [-0.4, -0.2) is 41.3 Å². The van der Waals surface area contributed by atoms with Gasteiger partial charge >= 0.3 is 0 Å². The molecular formula is C14H14N2O2. The number of Topliss-reactive ketones (excluding diaryl/α,β-unsaturated/α-hetero) is 1. The van der Waals surface area contributed by atoms with Gasteiger partial charge in [0, 0.05) is 18.7 Å². The maximum absolute atomic E-state index is 12.0. The minimum Gasteiger partial charge on any atom is -0.506 e. The number of ketones is 1. The molecule has 4 nitrogen and oxygen atoms in total. The maximum atomic E-state index is 12.0. The SMILES string of the molecule is O=C1CN2CCCN=C2/C1=C(/O)c1ccccc1. The Kier molecular flexibility index (Phi) is 2.63. The Morgan fingerprint density at radius 3 is 2.83 bits per heavy atom. The summed E-state index contributed by atoms with van der Waals surface area (Å²) in [6, 6.07) is 9.14. The van der Waals surface area contributed by atoms with Crippen LogP contribution in [0.3, 0.4) is 0 Å². The van der Waals surface area contributed by atoms with Crippen LogP contribution >= 0.6 is 0 Å². The van der Waals surface area contributed by atoms with E-state index in [9.17, 15) is 9.90 Å². The molecule has 1 saturated heterocycles. The largest absolute Gasteiger partial charge is 0.506 e. The summed E-state index contributed by atoms with van der Waals surface area (Å²) in [5.74, 6) is 0.661. The lowest BCUT2D eigenvalue weighted by Gasteiger charge is -2.21. The molecule has 0 aliphatic carbocycles. The van der Waals surface area contributed by atoms with Crippen molar-refractivity contribution in [3.8, 4) is 0 Å². The predicted octanol–water partition coefficient (Wildman–Crippen LogP) is 1.64. The second-order valence-corrected chi connectivity index (χ2v) is 4.49. The Bertz CT molecular complexity index is 546. The fourth-order valence-electron chi connectivity index (χ4n) is 2.40. The summed E-state index contributed by atoms with van der Waals surface area (Å²) in [5, 5.41) is 10.3. The molecule has 1 N–H and O–H groups in total. The summed E-state index contributed by atoms with van der Waals surface area (Å²) in [7, 11) is 0. The van der Waals surface area contributed by atoms with Crippen molar-refractivity contribution < 1.29 is 9.90 Å². The number of carbonyl (C=O) groups is 1. The highest BCUT2D eigenvalue weighted by Crippen LogP contribution is 2.25. The fraction of sp³-hybridized carbons (Fsp3) is 0.286. The molecule has 0 aromatic heterocycles. The van der Waals surface area contributed by atoms with Crippen molar-refractivity contribution in [1.82, 2.24) is 4.90 Å². The second kappa shape index (κ2) is 4.29. The Balaban J connectivity index is 2.09. The molecule has 2 heterocycles. The highest BCUT2D eigenvalue weighted by molar-refractivity contribution is 6.30. The van der Waals surface area contributed by atoms with Gasteiger partial charge in [0.2, 0.25) is 0 Å². The third-order valence-corrected chi connectivity index (χ3v) is 3.27. The third-order valence-electron chi connectivity index (χ3n) is 3.27. The van der Waals surface area contributed by atoms with Gasteiger partial charge in [0.25, 0.3) is 0 Å². The van der Waals surface area contributed by atoms with Crippen LogP contribution in [0.15, 0.2) is 40.9 Å². The van der Waals surface area contributed by atoms with E-state index in [0.29, 0.717) is 23.5 Å². The van der Waals surface area contributed by atoms with E-state index in [-0.39, 0.29) is 11.5 Å². The second-order valence-electron chi connectivity index (χ2n) is 4.49. The number of aliphatic hydroxyl groups is 1. The van der Waals surface area contributed by atoms with Gasteiger partial charge < -0.3 is 10.0 Å². The average Bonchev–Trinajstić information content (AvgIpc) is 2.75. The lowest BCUT2D eigenvalue weighted by atomic mass is 10.1. The number of hydrogen-bond acceptors (Lipinski definition) is 4. The number of benzene rings is 1. The predicted molar refractivity (Wildman–Crippen MR) is 69.5 cm³/mol. The highest BCUT2D eigenvalue weighted by atomic mass is 16.3. The highest BCUT2D eigenvalue weighted by Gasteiger charge is 2.35. The van der Waals surface area contributed by atoms with Gasteiger partial charge in [0.05, 0.1) is 6.54 Å². The molecule has 2 aliphatic heterocycles. The van der Waals surface area contributed by atoms with E-state index in [1.165, 1.54) is 0 Å². The zero-order chi connectivity index (χ0) is 12.5. The van der Waals surface area contributed by atoms with Crippen LogP contribution in [0.1, 0.15) is 12.0 Å². The molecule has 2 aliphatic rings. The molecule has 92 valence electrons. The molecule has 0 unspecified atom stereocenters. The fourth-order valence-corrected chi connectivity index (χ4v) is 2.40. The van der Waals surface area contributed by atoms with Gasteiger partial charge in [0.15, 0.2) is 5.78 Å². The Morgan fingerprint density at radius 2 is 2.06 bits per heavy atom. The van der Waals surface area contributed by atoms with E-state index in [1.54, 1.807) is 12.1 Å². The quantitative estimate of drug-likeness (QED) is 0.601. The Hall–Kier alpha value is -2.10. The smallest absolute Gasteiger partial charge is 0.189 e. The normalized spacial score (nSPS) is 21.7. The molecule has 1 fully saturated rings. The van der Waals surface area contributed by atoms with Gasteiger partial charge in [-0.2, -0.15) is 0 Å². The monoisotopic (exact) mass is 242 g/mol. The van der Waals surface area contributed by atoms with Crippen molar-refractivity contribution in [3.05, 3.63) is 41.5 Å². The topological polar surface area (TPSA) is 52.9 Å². The van der Waals surface area contributed by atoms with Crippen molar-refractivity contribution in [1.29, 1.82) is 0 Å². The summed E-state index contributed by atoms with van der Waals surface area (Å²) in [5.41, 5.74) is 1.04. The van der Waals surface area contributed by atoms with Gasteiger partial charge in [-0.1, -0.05) is 30.3 Å². The third kappa shape index (κ3) is 1.70. The van der Waals surface area contributed by atoms with E-state index in [1.807, 2.05) is 23.1 Å². The van der Waals surface area contributed by atoms with Crippen LogP contribution in [0.25, 0.3) is 5.76 Å². The lowest BCUT2D eigenvalue weighted by molar-refractivity contribution is -0.114. The number of aliphatic imine (C=N–C) groups is 1. The number of rotatable bonds is 1. The molecule has 0 radical (unpaired) electrons. The van der Waals surface area contributed by atoms with E-state index in [4.69, 9.17) is 0 Å². The molecule has 1 aromatic rings. The zero-order valence-electron chi connectivity index (χ0n) is 9.97. The first-order chi connectivity index (χ1) is 8.77.